The van der Waals surface area contributed by atoms with Gasteiger partial charge >= 0.3 is 6.09 Å². The van der Waals surface area contributed by atoms with E-state index in [1.54, 1.807) is 24.3 Å². The summed E-state index contributed by atoms with van der Waals surface area (Å²) in [4.78, 5) is 39.4. The number of nitrogens with one attached hydrogen (secondary N) is 2. The highest BCUT2D eigenvalue weighted by molar-refractivity contribution is 5.91. The summed E-state index contributed by atoms with van der Waals surface area (Å²) in [6, 6.07) is 14.2. The Morgan fingerprint density at radius 1 is 1.12 bits per heavy atom. The molecule has 176 valence electrons. The van der Waals surface area contributed by atoms with Crippen molar-refractivity contribution in [3.05, 3.63) is 65.2 Å². The summed E-state index contributed by atoms with van der Waals surface area (Å²) < 4.78 is 5.69. The Kier molecular flexibility index (Phi) is 8.09. The summed E-state index contributed by atoms with van der Waals surface area (Å²) in [5.41, 5.74) is 3.38. The van der Waals surface area contributed by atoms with Gasteiger partial charge in [-0.15, -0.1) is 0 Å². The maximum absolute atomic E-state index is 13.1. The van der Waals surface area contributed by atoms with Crippen molar-refractivity contribution in [2.45, 2.75) is 59.2 Å². The SMILES string of the molecule is CCCNC(=O)C1C(c2ccc(NC(=O)CC(C)C)cc2)OC(=O)N1Cc1cccc(C)c1. The molecule has 2 aromatic rings. The molecule has 0 radical (unpaired) electrons. The number of cyclic esters (lactones) is 1. The van der Waals surface area contributed by atoms with Gasteiger partial charge in [-0.2, -0.15) is 0 Å². The van der Waals surface area contributed by atoms with E-state index in [2.05, 4.69) is 10.6 Å². The lowest BCUT2D eigenvalue weighted by Crippen LogP contribution is -2.46. The predicted molar refractivity (Wildman–Crippen MR) is 128 cm³/mol. The minimum atomic E-state index is -0.786. The van der Waals surface area contributed by atoms with Crippen molar-refractivity contribution in [1.29, 1.82) is 0 Å². The number of benzene rings is 2. The lowest BCUT2D eigenvalue weighted by molar-refractivity contribution is -0.126. The molecule has 0 spiro atoms. The maximum Gasteiger partial charge on any atom is 0.411 e. The van der Waals surface area contributed by atoms with Crippen molar-refractivity contribution in [2.24, 2.45) is 5.92 Å². The molecule has 0 aliphatic carbocycles. The fourth-order valence-electron chi connectivity index (χ4n) is 3.91. The molecule has 2 unspecified atom stereocenters. The molecule has 3 rings (SSSR count). The summed E-state index contributed by atoms with van der Waals surface area (Å²) in [5, 5.41) is 5.78. The average molecular weight is 452 g/mol. The van der Waals surface area contributed by atoms with E-state index < -0.39 is 18.2 Å². The van der Waals surface area contributed by atoms with E-state index in [9.17, 15) is 14.4 Å². The molecule has 1 fully saturated rings. The highest BCUT2D eigenvalue weighted by atomic mass is 16.6. The molecule has 0 saturated carbocycles. The summed E-state index contributed by atoms with van der Waals surface area (Å²) >= 11 is 0. The summed E-state index contributed by atoms with van der Waals surface area (Å²) in [6.07, 6.45) is -0.0251. The largest absolute Gasteiger partial charge is 0.438 e. The number of aryl methyl sites for hydroxylation is 1. The molecular weight excluding hydrogens is 418 g/mol. The molecule has 1 saturated heterocycles. The summed E-state index contributed by atoms with van der Waals surface area (Å²) in [6.45, 7) is 8.75. The highest BCUT2D eigenvalue weighted by Crippen LogP contribution is 2.34. The van der Waals surface area contributed by atoms with Crippen molar-refractivity contribution in [2.75, 3.05) is 11.9 Å². The number of carbonyl (C=O) groups excluding carboxylic acids is 3. The number of hydrogen-bond acceptors (Lipinski definition) is 4. The van der Waals surface area contributed by atoms with Gasteiger partial charge in [0.1, 0.15) is 0 Å². The minimum absolute atomic E-state index is 0.0498. The first-order chi connectivity index (χ1) is 15.8. The molecular formula is C26H33N3O4. The molecule has 7 nitrogen and oxygen atoms in total. The Bertz CT molecular complexity index is 987. The maximum atomic E-state index is 13.1. The quantitative estimate of drug-likeness (QED) is 0.585. The Morgan fingerprint density at radius 2 is 1.85 bits per heavy atom. The van der Waals surface area contributed by atoms with E-state index in [4.69, 9.17) is 4.74 Å². The van der Waals surface area contributed by atoms with Crippen molar-refractivity contribution >= 4 is 23.6 Å². The van der Waals surface area contributed by atoms with Gasteiger partial charge < -0.3 is 15.4 Å². The zero-order chi connectivity index (χ0) is 24.0. The molecule has 1 aliphatic heterocycles. The summed E-state index contributed by atoms with van der Waals surface area (Å²) in [7, 11) is 0. The van der Waals surface area contributed by atoms with Crippen LogP contribution in [0.15, 0.2) is 48.5 Å². The molecule has 2 atom stereocenters. The molecule has 1 heterocycles. The van der Waals surface area contributed by atoms with Crippen LogP contribution in [0.2, 0.25) is 0 Å². The van der Waals surface area contributed by atoms with Gasteiger partial charge in [-0.05, 0) is 42.5 Å². The number of nitrogens with zero attached hydrogens (tertiary/aromatic N) is 1. The Labute approximate surface area is 195 Å². The fourth-order valence-corrected chi connectivity index (χ4v) is 3.91. The molecule has 2 N–H and O–H groups in total. The van der Waals surface area contributed by atoms with E-state index in [1.165, 1.54) is 4.90 Å². The van der Waals surface area contributed by atoms with Gasteiger partial charge in [0.15, 0.2) is 12.1 Å². The Hall–Kier alpha value is -3.35. The van der Waals surface area contributed by atoms with Gasteiger partial charge in [0, 0.05) is 18.7 Å². The van der Waals surface area contributed by atoms with Crippen LogP contribution in [-0.2, 0) is 20.9 Å². The van der Waals surface area contributed by atoms with Crippen LogP contribution in [0.3, 0.4) is 0 Å². The molecule has 0 aromatic heterocycles. The number of hydrogen-bond donors (Lipinski definition) is 2. The molecule has 1 aliphatic rings. The second kappa shape index (κ2) is 11.0. The van der Waals surface area contributed by atoms with Gasteiger partial charge in [-0.1, -0.05) is 62.7 Å². The van der Waals surface area contributed by atoms with Crippen LogP contribution in [0.5, 0.6) is 0 Å². The van der Waals surface area contributed by atoms with Crippen LogP contribution in [0, 0.1) is 12.8 Å². The van der Waals surface area contributed by atoms with Crippen molar-refractivity contribution < 1.29 is 19.1 Å². The van der Waals surface area contributed by atoms with Gasteiger partial charge in [-0.3, -0.25) is 14.5 Å². The lowest BCUT2D eigenvalue weighted by atomic mass is 10.00. The molecule has 3 amide bonds. The van der Waals surface area contributed by atoms with Crippen molar-refractivity contribution in [3.8, 4) is 0 Å². The first-order valence-electron chi connectivity index (χ1n) is 11.5. The third-order valence-electron chi connectivity index (χ3n) is 5.45. The van der Waals surface area contributed by atoms with E-state index in [-0.39, 0.29) is 24.3 Å². The molecule has 7 heteroatoms. The van der Waals surface area contributed by atoms with Crippen LogP contribution in [0.25, 0.3) is 0 Å². The zero-order valence-electron chi connectivity index (χ0n) is 19.8. The first-order valence-corrected chi connectivity index (χ1v) is 11.5. The van der Waals surface area contributed by atoms with Crippen LogP contribution in [0.4, 0.5) is 10.5 Å². The normalized spacial score (nSPS) is 17.7. The van der Waals surface area contributed by atoms with Gasteiger partial charge in [-0.25, -0.2) is 4.79 Å². The number of ether oxygens (including phenoxy) is 1. The van der Waals surface area contributed by atoms with E-state index in [1.807, 2.05) is 52.0 Å². The Morgan fingerprint density at radius 3 is 2.48 bits per heavy atom. The van der Waals surface area contributed by atoms with Crippen molar-refractivity contribution in [1.82, 2.24) is 10.2 Å². The smallest absolute Gasteiger partial charge is 0.411 e. The topological polar surface area (TPSA) is 87.7 Å². The Balaban J connectivity index is 1.82. The summed E-state index contributed by atoms with van der Waals surface area (Å²) in [5.74, 6) is -0.0233. The lowest BCUT2D eigenvalue weighted by Gasteiger charge is -2.24. The number of carbonyl (C=O) groups is 3. The number of anilines is 1. The predicted octanol–water partition coefficient (Wildman–Crippen LogP) is 4.57. The van der Waals surface area contributed by atoms with Crippen LogP contribution >= 0.6 is 0 Å². The monoisotopic (exact) mass is 451 g/mol. The second-order valence-electron chi connectivity index (χ2n) is 8.93. The highest BCUT2D eigenvalue weighted by Gasteiger charge is 2.46. The van der Waals surface area contributed by atoms with Gasteiger partial charge in [0.2, 0.25) is 11.8 Å². The minimum Gasteiger partial charge on any atom is -0.438 e. The van der Waals surface area contributed by atoms with Crippen LogP contribution in [-0.4, -0.2) is 35.4 Å². The molecule has 2 aromatic carbocycles. The number of amides is 3. The third-order valence-corrected chi connectivity index (χ3v) is 5.45. The van der Waals surface area contributed by atoms with E-state index in [0.717, 1.165) is 17.5 Å². The fraction of sp³-hybridized carbons (Fsp3) is 0.423. The van der Waals surface area contributed by atoms with Crippen molar-refractivity contribution in [3.63, 3.8) is 0 Å². The van der Waals surface area contributed by atoms with Gasteiger partial charge in [0.25, 0.3) is 0 Å². The van der Waals surface area contributed by atoms with Crippen LogP contribution in [0.1, 0.15) is 56.4 Å². The first kappa shape index (κ1) is 24.3. The number of rotatable bonds is 9. The van der Waals surface area contributed by atoms with Crippen LogP contribution < -0.4 is 10.6 Å². The van der Waals surface area contributed by atoms with Gasteiger partial charge in [0.05, 0.1) is 6.54 Å². The third kappa shape index (κ3) is 6.34. The van der Waals surface area contributed by atoms with E-state index >= 15 is 0 Å². The molecule has 33 heavy (non-hydrogen) atoms. The zero-order valence-corrected chi connectivity index (χ0v) is 19.8. The standard InChI is InChI=1S/C26H33N3O4/c1-5-13-27-25(31)23-24(20-9-11-21(12-10-20)28-22(30)14-17(2)3)33-26(32)29(23)16-19-8-6-7-18(4)15-19/h6-12,15,17,23-24H,5,13-14,16H2,1-4H3,(H,27,31)(H,28,30). The average Bonchev–Trinajstić information content (AvgIpc) is 3.08. The second-order valence-corrected chi connectivity index (χ2v) is 8.93. The van der Waals surface area contributed by atoms with E-state index in [0.29, 0.717) is 24.2 Å². The molecule has 0 bridgehead atoms.